The van der Waals surface area contributed by atoms with Crippen LogP contribution in [0.4, 0.5) is 0 Å². The molecule has 0 aliphatic heterocycles. The van der Waals surface area contributed by atoms with Crippen LogP contribution in [0.25, 0.3) is 11.0 Å². The molecule has 0 N–H and O–H groups in total. The zero-order chi connectivity index (χ0) is 10.8. The molecule has 1 heterocycles. The van der Waals surface area contributed by atoms with Crippen molar-refractivity contribution in [1.29, 1.82) is 0 Å². The number of rotatable bonds is 2. The van der Waals surface area contributed by atoms with Crippen molar-refractivity contribution in [2.24, 2.45) is 0 Å². The van der Waals surface area contributed by atoms with Gasteiger partial charge in [0.05, 0.1) is 5.39 Å². The highest BCUT2D eigenvalue weighted by molar-refractivity contribution is 5.78. The number of hydrogen-bond donors (Lipinski definition) is 0. The number of ether oxygens (including phenoxy) is 1. The zero-order valence-corrected chi connectivity index (χ0v) is 8.02. The van der Waals surface area contributed by atoms with Gasteiger partial charge in [0.25, 0.3) is 6.47 Å². The molecule has 0 bridgehead atoms. The van der Waals surface area contributed by atoms with Crippen molar-refractivity contribution in [1.82, 2.24) is 0 Å². The Bertz CT molecular complexity index is 568. The first kappa shape index (κ1) is 9.45. The lowest BCUT2D eigenvalue weighted by Gasteiger charge is -2.00. The molecule has 0 aliphatic carbocycles. The van der Waals surface area contributed by atoms with Crippen LogP contribution in [0.3, 0.4) is 0 Å². The van der Waals surface area contributed by atoms with E-state index in [2.05, 4.69) is 4.74 Å². The van der Waals surface area contributed by atoms with E-state index in [1.165, 1.54) is 0 Å². The minimum atomic E-state index is -0.341. The van der Waals surface area contributed by atoms with E-state index in [1.807, 2.05) is 13.0 Å². The molecule has 0 atom stereocenters. The Hall–Kier alpha value is -2.10. The number of aryl methyl sites for hydroxylation is 1. The van der Waals surface area contributed by atoms with E-state index in [0.29, 0.717) is 11.0 Å². The summed E-state index contributed by atoms with van der Waals surface area (Å²) in [6, 6.07) is 5.24. The van der Waals surface area contributed by atoms with Gasteiger partial charge in [0.1, 0.15) is 11.8 Å². The van der Waals surface area contributed by atoms with Gasteiger partial charge in [0, 0.05) is 0 Å². The van der Waals surface area contributed by atoms with Gasteiger partial charge < -0.3 is 9.15 Å². The highest BCUT2D eigenvalue weighted by Gasteiger charge is 2.07. The maximum atomic E-state index is 11.7. The molecule has 0 amide bonds. The summed E-state index contributed by atoms with van der Waals surface area (Å²) in [6.07, 6.45) is 1.13. The standard InChI is InChI=1S/C11H8O4/c1-7-2-3-9-8(4-7)11(13)10(5-14-9)15-6-12/h2-6H,1H3. The Kier molecular flexibility index (Phi) is 2.25. The fraction of sp³-hybridized carbons (Fsp3) is 0.0909. The molecule has 0 spiro atoms. The fourth-order valence-corrected chi connectivity index (χ4v) is 1.36. The monoisotopic (exact) mass is 204 g/mol. The summed E-state index contributed by atoms with van der Waals surface area (Å²) < 4.78 is 9.65. The van der Waals surface area contributed by atoms with Gasteiger partial charge in [-0.15, -0.1) is 0 Å². The van der Waals surface area contributed by atoms with Crippen LogP contribution in [0.1, 0.15) is 5.56 Å². The van der Waals surface area contributed by atoms with Gasteiger partial charge in [0.2, 0.25) is 11.2 Å². The largest absolute Gasteiger partial charge is 0.460 e. The Morgan fingerprint density at radius 1 is 1.40 bits per heavy atom. The summed E-state index contributed by atoms with van der Waals surface area (Å²) >= 11 is 0. The van der Waals surface area contributed by atoms with E-state index in [4.69, 9.17) is 4.42 Å². The van der Waals surface area contributed by atoms with E-state index in [0.717, 1.165) is 11.8 Å². The molecule has 0 aliphatic rings. The summed E-state index contributed by atoms with van der Waals surface area (Å²) in [4.78, 5) is 21.9. The van der Waals surface area contributed by atoms with Gasteiger partial charge in [-0.25, -0.2) is 0 Å². The maximum Gasteiger partial charge on any atom is 0.298 e. The van der Waals surface area contributed by atoms with Crippen molar-refractivity contribution in [2.45, 2.75) is 6.92 Å². The highest BCUT2D eigenvalue weighted by Crippen LogP contribution is 2.15. The van der Waals surface area contributed by atoms with E-state index >= 15 is 0 Å². The Morgan fingerprint density at radius 2 is 2.20 bits per heavy atom. The summed E-state index contributed by atoms with van der Waals surface area (Å²) in [5, 5.41) is 0.411. The van der Waals surface area contributed by atoms with Gasteiger partial charge >= 0.3 is 0 Å². The van der Waals surface area contributed by atoms with Crippen molar-refractivity contribution in [2.75, 3.05) is 0 Å². The van der Waals surface area contributed by atoms with Gasteiger partial charge in [-0.3, -0.25) is 9.59 Å². The summed E-state index contributed by atoms with van der Waals surface area (Å²) in [6.45, 7) is 2.07. The number of fused-ring (bicyclic) bond motifs is 1. The molecule has 0 saturated heterocycles. The first-order valence-electron chi connectivity index (χ1n) is 4.35. The molecule has 2 rings (SSSR count). The first-order chi connectivity index (χ1) is 7.22. The van der Waals surface area contributed by atoms with Crippen LogP contribution in [-0.2, 0) is 4.79 Å². The molecular weight excluding hydrogens is 196 g/mol. The van der Waals surface area contributed by atoms with Crippen LogP contribution in [0, 0.1) is 6.92 Å². The average molecular weight is 204 g/mol. The minimum absolute atomic E-state index is 0.0944. The normalized spacial score (nSPS) is 10.2. The van der Waals surface area contributed by atoms with Crippen molar-refractivity contribution in [3.8, 4) is 5.75 Å². The predicted octanol–water partition coefficient (Wildman–Crippen LogP) is 1.64. The quantitative estimate of drug-likeness (QED) is 0.697. The van der Waals surface area contributed by atoms with Gasteiger partial charge in [-0.2, -0.15) is 0 Å². The summed E-state index contributed by atoms with van der Waals surface area (Å²) in [5.74, 6) is -0.0944. The van der Waals surface area contributed by atoms with Crippen LogP contribution in [0.5, 0.6) is 5.75 Å². The molecular formula is C11H8O4. The molecule has 0 unspecified atom stereocenters. The SMILES string of the molecule is Cc1ccc2occ(OC=O)c(=O)c2c1. The first-order valence-corrected chi connectivity index (χ1v) is 4.35. The topological polar surface area (TPSA) is 56.5 Å². The van der Waals surface area contributed by atoms with Crippen molar-refractivity contribution >= 4 is 17.4 Å². The molecule has 76 valence electrons. The summed E-state index contributed by atoms with van der Waals surface area (Å²) in [7, 11) is 0. The maximum absolute atomic E-state index is 11.7. The summed E-state index contributed by atoms with van der Waals surface area (Å²) in [5.41, 5.74) is 1.08. The third-order valence-corrected chi connectivity index (χ3v) is 2.07. The molecule has 0 saturated carbocycles. The number of carbonyl (C=O) groups is 1. The second-order valence-electron chi connectivity index (χ2n) is 3.14. The zero-order valence-electron chi connectivity index (χ0n) is 8.02. The van der Waals surface area contributed by atoms with Crippen LogP contribution in [0.2, 0.25) is 0 Å². The van der Waals surface area contributed by atoms with E-state index in [9.17, 15) is 9.59 Å². The van der Waals surface area contributed by atoms with Crippen molar-refractivity contribution < 1.29 is 13.9 Å². The number of benzene rings is 1. The molecule has 1 aromatic carbocycles. The molecule has 1 aromatic heterocycles. The van der Waals surface area contributed by atoms with Gasteiger partial charge in [0.15, 0.2) is 0 Å². The number of hydrogen-bond acceptors (Lipinski definition) is 4. The van der Waals surface area contributed by atoms with Crippen molar-refractivity contribution in [3.05, 3.63) is 40.2 Å². The van der Waals surface area contributed by atoms with E-state index in [-0.39, 0.29) is 17.7 Å². The Labute approximate surface area is 85.1 Å². The van der Waals surface area contributed by atoms with E-state index < -0.39 is 0 Å². The minimum Gasteiger partial charge on any atom is -0.460 e. The molecule has 2 aromatic rings. The van der Waals surface area contributed by atoms with Gasteiger partial charge in [-0.05, 0) is 19.1 Å². The predicted molar refractivity (Wildman–Crippen MR) is 53.9 cm³/mol. The third kappa shape index (κ3) is 1.61. The fourth-order valence-electron chi connectivity index (χ4n) is 1.36. The molecule has 4 nitrogen and oxygen atoms in total. The molecule has 4 heteroatoms. The van der Waals surface area contributed by atoms with Crippen LogP contribution < -0.4 is 10.2 Å². The lowest BCUT2D eigenvalue weighted by molar-refractivity contribution is -0.120. The van der Waals surface area contributed by atoms with E-state index in [1.54, 1.807) is 12.1 Å². The molecule has 0 radical (unpaired) electrons. The Morgan fingerprint density at radius 3 is 2.93 bits per heavy atom. The average Bonchev–Trinajstić information content (AvgIpc) is 2.23. The van der Waals surface area contributed by atoms with Crippen LogP contribution in [-0.4, -0.2) is 6.47 Å². The second-order valence-corrected chi connectivity index (χ2v) is 3.14. The van der Waals surface area contributed by atoms with Crippen LogP contribution >= 0.6 is 0 Å². The number of carbonyl (C=O) groups excluding carboxylic acids is 1. The van der Waals surface area contributed by atoms with Crippen LogP contribution in [0.15, 0.2) is 33.7 Å². The molecule has 15 heavy (non-hydrogen) atoms. The third-order valence-electron chi connectivity index (χ3n) is 2.07. The Balaban J connectivity index is 2.76. The molecule has 0 fully saturated rings. The van der Waals surface area contributed by atoms with Gasteiger partial charge in [-0.1, -0.05) is 11.6 Å². The lowest BCUT2D eigenvalue weighted by Crippen LogP contribution is -2.06. The smallest absolute Gasteiger partial charge is 0.298 e. The highest BCUT2D eigenvalue weighted by atomic mass is 16.5. The van der Waals surface area contributed by atoms with Crippen molar-refractivity contribution in [3.63, 3.8) is 0 Å². The lowest BCUT2D eigenvalue weighted by atomic mass is 10.1. The second kappa shape index (κ2) is 3.57.